The molecule has 7 nitrogen and oxygen atoms in total. The highest BCUT2D eigenvalue weighted by atomic mass is 15.5. The highest BCUT2D eigenvalue weighted by Crippen LogP contribution is 2.18. The van der Waals surface area contributed by atoms with Crippen LogP contribution in [0.3, 0.4) is 0 Å². The Labute approximate surface area is 139 Å². The topological polar surface area (TPSA) is 103 Å². The van der Waals surface area contributed by atoms with E-state index in [9.17, 15) is 5.26 Å². The number of nitrogens with zero attached hydrogens (tertiary/aromatic N) is 5. The van der Waals surface area contributed by atoms with E-state index in [4.69, 9.17) is 0 Å². The average Bonchev–Trinajstić information content (AvgIpc) is 3.17. The Morgan fingerprint density at radius 2 is 2.04 bits per heavy atom. The van der Waals surface area contributed by atoms with Gasteiger partial charge in [0.2, 0.25) is 5.82 Å². The molecule has 2 aromatic heterocycles. The zero-order valence-electron chi connectivity index (χ0n) is 12.8. The van der Waals surface area contributed by atoms with Crippen molar-refractivity contribution < 1.29 is 0 Å². The number of anilines is 1. The van der Waals surface area contributed by atoms with Crippen LogP contribution in [0.4, 0.5) is 5.69 Å². The molecule has 7 heteroatoms. The van der Waals surface area contributed by atoms with Crippen molar-refractivity contribution in [1.82, 2.24) is 25.6 Å². The summed E-state index contributed by atoms with van der Waals surface area (Å²) < 4.78 is 0. The fourth-order valence-corrected chi connectivity index (χ4v) is 2.26. The minimum atomic E-state index is 0.260. The number of aryl methyl sites for hydroxylation is 2. The second kappa shape index (κ2) is 7.65. The van der Waals surface area contributed by atoms with Gasteiger partial charge in [0.05, 0.1) is 0 Å². The number of allylic oxidation sites excluding steroid dienone is 1. The summed E-state index contributed by atoms with van der Waals surface area (Å²) in [5.74, 6) is 0.260. The summed E-state index contributed by atoms with van der Waals surface area (Å²) in [4.78, 5) is 4.34. The quantitative estimate of drug-likeness (QED) is 0.676. The van der Waals surface area contributed by atoms with Crippen LogP contribution >= 0.6 is 0 Å². The molecule has 3 rings (SSSR count). The monoisotopic (exact) mass is 317 g/mol. The third kappa shape index (κ3) is 3.81. The van der Waals surface area contributed by atoms with Crippen molar-refractivity contribution in [2.75, 3.05) is 5.32 Å². The second-order valence-corrected chi connectivity index (χ2v) is 5.03. The van der Waals surface area contributed by atoms with E-state index in [1.807, 2.05) is 36.4 Å². The zero-order chi connectivity index (χ0) is 16.6. The molecule has 118 valence electrons. The summed E-state index contributed by atoms with van der Waals surface area (Å²) >= 11 is 0. The van der Waals surface area contributed by atoms with Gasteiger partial charge in [-0.3, -0.25) is 4.98 Å². The lowest BCUT2D eigenvalue weighted by atomic mass is 10.1. The molecule has 0 aliphatic carbocycles. The first-order valence-corrected chi connectivity index (χ1v) is 7.45. The number of H-pyrrole nitrogens is 1. The van der Waals surface area contributed by atoms with Crippen molar-refractivity contribution >= 4 is 11.3 Å². The Balaban J connectivity index is 1.73. The van der Waals surface area contributed by atoms with Gasteiger partial charge >= 0.3 is 0 Å². The first-order valence-electron chi connectivity index (χ1n) is 7.45. The van der Waals surface area contributed by atoms with E-state index in [-0.39, 0.29) is 5.82 Å². The normalized spacial score (nSPS) is 11.0. The van der Waals surface area contributed by atoms with Gasteiger partial charge in [-0.25, -0.2) is 0 Å². The van der Waals surface area contributed by atoms with Crippen molar-refractivity contribution in [2.24, 2.45) is 0 Å². The van der Waals surface area contributed by atoms with Gasteiger partial charge in [0.25, 0.3) is 0 Å². The summed E-state index contributed by atoms with van der Waals surface area (Å²) in [6.07, 6.45) is 5.08. The highest BCUT2D eigenvalue weighted by molar-refractivity contribution is 5.74. The SMILES string of the molecule is N#CC(=CNc1ccccc1CCc1ccccn1)c1nn[nH]n1. The summed E-state index contributed by atoms with van der Waals surface area (Å²) in [5.41, 5.74) is 3.44. The molecule has 0 saturated carbocycles. The van der Waals surface area contributed by atoms with Crippen LogP contribution in [0.15, 0.2) is 54.9 Å². The van der Waals surface area contributed by atoms with E-state index < -0.39 is 0 Å². The van der Waals surface area contributed by atoms with E-state index in [1.165, 1.54) is 0 Å². The molecular formula is C17H15N7. The maximum absolute atomic E-state index is 9.21. The molecule has 0 amide bonds. The molecule has 0 radical (unpaired) electrons. The molecule has 0 fully saturated rings. The molecule has 2 heterocycles. The minimum Gasteiger partial charge on any atom is -0.360 e. The van der Waals surface area contributed by atoms with Crippen LogP contribution in [-0.2, 0) is 12.8 Å². The molecule has 2 N–H and O–H groups in total. The van der Waals surface area contributed by atoms with Crippen LogP contribution in [0.25, 0.3) is 5.57 Å². The number of rotatable bonds is 6. The van der Waals surface area contributed by atoms with Gasteiger partial charge in [-0.1, -0.05) is 24.3 Å². The minimum absolute atomic E-state index is 0.260. The first-order chi connectivity index (χ1) is 11.9. The van der Waals surface area contributed by atoms with Crippen LogP contribution in [0.2, 0.25) is 0 Å². The van der Waals surface area contributed by atoms with Gasteiger partial charge in [0.1, 0.15) is 11.6 Å². The number of hydrogen-bond acceptors (Lipinski definition) is 6. The fourth-order valence-electron chi connectivity index (χ4n) is 2.26. The molecule has 3 aromatic rings. The predicted molar refractivity (Wildman–Crippen MR) is 89.5 cm³/mol. The lowest BCUT2D eigenvalue weighted by molar-refractivity contribution is 0.881. The molecule has 0 bridgehead atoms. The summed E-state index contributed by atoms with van der Waals surface area (Å²) in [6.45, 7) is 0. The van der Waals surface area contributed by atoms with Gasteiger partial charge in [0, 0.05) is 23.8 Å². The maximum Gasteiger partial charge on any atom is 0.216 e. The number of aromatic nitrogens is 5. The average molecular weight is 317 g/mol. The van der Waals surface area contributed by atoms with E-state index in [2.05, 4.69) is 43.1 Å². The van der Waals surface area contributed by atoms with Gasteiger partial charge in [-0.2, -0.15) is 10.5 Å². The van der Waals surface area contributed by atoms with Crippen LogP contribution in [-0.4, -0.2) is 25.6 Å². The molecular weight excluding hydrogens is 302 g/mol. The number of pyridine rings is 1. The lowest BCUT2D eigenvalue weighted by Gasteiger charge is -2.09. The summed E-state index contributed by atoms with van der Waals surface area (Å²) in [5, 5.41) is 25.8. The standard InChI is InChI=1S/C17H15N7/c18-11-14(17-21-23-24-22-17)12-20-16-7-2-1-5-13(16)8-9-15-6-3-4-10-19-15/h1-7,10,12,20H,8-9H2,(H,21,22,23,24). The van der Waals surface area contributed by atoms with Crippen molar-refractivity contribution in [2.45, 2.75) is 12.8 Å². The zero-order valence-corrected chi connectivity index (χ0v) is 12.8. The Morgan fingerprint density at radius 3 is 2.79 bits per heavy atom. The van der Waals surface area contributed by atoms with E-state index in [0.717, 1.165) is 29.8 Å². The molecule has 1 aromatic carbocycles. The van der Waals surface area contributed by atoms with Gasteiger partial charge in [-0.05, 0) is 41.8 Å². The van der Waals surface area contributed by atoms with E-state index in [1.54, 1.807) is 12.4 Å². The van der Waals surface area contributed by atoms with Crippen molar-refractivity contribution in [3.63, 3.8) is 0 Å². The number of aromatic amines is 1. The largest absolute Gasteiger partial charge is 0.360 e. The van der Waals surface area contributed by atoms with Crippen LogP contribution in [0, 0.1) is 11.3 Å². The number of benzene rings is 1. The Morgan fingerprint density at radius 1 is 1.17 bits per heavy atom. The summed E-state index contributed by atoms with van der Waals surface area (Å²) in [7, 11) is 0. The van der Waals surface area contributed by atoms with Crippen molar-refractivity contribution in [3.05, 3.63) is 71.9 Å². The van der Waals surface area contributed by atoms with Crippen LogP contribution < -0.4 is 5.32 Å². The van der Waals surface area contributed by atoms with Crippen molar-refractivity contribution in [3.8, 4) is 6.07 Å². The lowest BCUT2D eigenvalue weighted by Crippen LogP contribution is -1.99. The Kier molecular flexibility index (Phi) is 4.90. The Bertz CT molecular complexity index is 848. The van der Waals surface area contributed by atoms with E-state index in [0.29, 0.717) is 5.57 Å². The Hall–Kier alpha value is -3.53. The fraction of sp³-hybridized carbons (Fsp3) is 0.118. The van der Waals surface area contributed by atoms with Gasteiger partial charge in [0.15, 0.2) is 0 Å². The molecule has 0 saturated heterocycles. The smallest absolute Gasteiger partial charge is 0.216 e. The predicted octanol–water partition coefficient (Wildman–Crippen LogP) is 2.36. The number of nitriles is 1. The van der Waals surface area contributed by atoms with Gasteiger partial charge in [-0.15, -0.1) is 10.2 Å². The van der Waals surface area contributed by atoms with Gasteiger partial charge < -0.3 is 5.32 Å². The first kappa shape index (κ1) is 15.4. The third-order valence-electron chi connectivity index (χ3n) is 3.47. The number of para-hydroxylation sites is 1. The van der Waals surface area contributed by atoms with E-state index >= 15 is 0 Å². The highest BCUT2D eigenvalue weighted by Gasteiger charge is 2.07. The van der Waals surface area contributed by atoms with Crippen LogP contribution in [0.1, 0.15) is 17.1 Å². The van der Waals surface area contributed by atoms with Crippen LogP contribution in [0.5, 0.6) is 0 Å². The molecule has 24 heavy (non-hydrogen) atoms. The molecule has 0 unspecified atom stereocenters. The summed E-state index contributed by atoms with van der Waals surface area (Å²) in [6, 6.07) is 15.9. The maximum atomic E-state index is 9.21. The molecule has 0 aliphatic rings. The third-order valence-corrected chi connectivity index (χ3v) is 3.47. The second-order valence-electron chi connectivity index (χ2n) is 5.03. The molecule has 0 aliphatic heterocycles. The number of nitrogens with one attached hydrogen (secondary N) is 2. The molecule has 0 spiro atoms. The molecule has 0 atom stereocenters. The van der Waals surface area contributed by atoms with Crippen molar-refractivity contribution in [1.29, 1.82) is 5.26 Å². The number of tetrazole rings is 1. The number of hydrogen-bond donors (Lipinski definition) is 2.